The fraction of sp³-hybridized carbons (Fsp3) is 0.783. The molecule has 2 unspecified atom stereocenters. The van der Waals surface area contributed by atoms with Gasteiger partial charge in [-0.3, -0.25) is 4.98 Å². The normalized spacial score (nSPS) is 22.5. The maximum Gasteiger partial charge on any atom is 0.157 e. The first-order valence-electron chi connectivity index (χ1n) is 11.3. The number of pyridine rings is 1. The molecule has 0 amide bonds. The summed E-state index contributed by atoms with van der Waals surface area (Å²) >= 11 is 0. The second-order valence-electron chi connectivity index (χ2n) is 7.87. The molecule has 2 fully saturated rings. The Balaban J connectivity index is 1.39. The van der Waals surface area contributed by atoms with Crippen molar-refractivity contribution >= 4 is 0 Å². The quantitative estimate of drug-likeness (QED) is 0.478. The van der Waals surface area contributed by atoms with E-state index < -0.39 is 0 Å². The number of aromatic nitrogens is 1. The highest BCUT2D eigenvalue weighted by Gasteiger charge is 2.15. The predicted octanol–water partition coefficient (Wildman–Crippen LogP) is 4.43. The van der Waals surface area contributed by atoms with Gasteiger partial charge in [0.15, 0.2) is 12.6 Å². The van der Waals surface area contributed by atoms with E-state index in [4.69, 9.17) is 23.7 Å². The number of methoxy groups -OCH3 is 1. The van der Waals surface area contributed by atoms with E-state index in [1.807, 2.05) is 12.4 Å². The number of hydrogen-bond acceptors (Lipinski definition) is 6. The van der Waals surface area contributed by atoms with Crippen LogP contribution in [0.5, 0.6) is 5.75 Å². The third-order valence-corrected chi connectivity index (χ3v) is 5.62. The fourth-order valence-electron chi connectivity index (χ4n) is 3.97. The van der Waals surface area contributed by atoms with E-state index in [0.717, 1.165) is 83.4 Å². The summed E-state index contributed by atoms with van der Waals surface area (Å²) in [4.78, 5) is 4.36. The molecule has 3 heterocycles. The van der Waals surface area contributed by atoms with Gasteiger partial charge in [-0.1, -0.05) is 0 Å². The Morgan fingerprint density at radius 1 is 0.862 bits per heavy atom. The summed E-state index contributed by atoms with van der Waals surface area (Å²) in [6.07, 6.45) is 15.5. The highest BCUT2D eigenvalue weighted by Crippen LogP contribution is 2.24. The second kappa shape index (κ2) is 13.2. The van der Waals surface area contributed by atoms with Gasteiger partial charge in [-0.05, 0) is 76.2 Å². The number of nitrogens with zero attached hydrogens (tertiary/aromatic N) is 1. The number of rotatable bonds is 12. The Hall–Kier alpha value is -1.21. The molecule has 2 saturated heterocycles. The highest BCUT2D eigenvalue weighted by molar-refractivity contribution is 5.37. The molecule has 6 heteroatoms. The lowest BCUT2D eigenvalue weighted by molar-refractivity contribution is -0.162. The molecule has 0 spiro atoms. The van der Waals surface area contributed by atoms with Crippen molar-refractivity contribution in [1.29, 1.82) is 0 Å². The minimum Gasteiger partial charge on any atom is -0.495 e. The molecule has 0 radical (unpaired) electrons. The molecule has 2 aliphatic heterocycles. The van der Waals surface area contributed by atoms with Crippen LogP contribution in [-0.4, -0.2) is 51.1 Å². The van der Waals surface area contributed by atoms with Gasteiger partial charge in [-0.25, -0.2) is 0 Å². The van der Waals surface area contributed by atoms with Crippen LogP contribution >= 0.6 is 0 Å². The van der Waals surface area contributed by atoms with Crippen LogP contribution < -0.4 is 4.74 Å². The monoisotopic (exact) mass is 407 g/mol. The van der Waals surface area contributed by atoms with Gasteiger partial charge in [-0.2, -0.15) is 0 Å². The van der Waals surface area contributed by atoms with E-state index in [2.05, 4.69) is 4.98 Å². The topological polar surface area (TPSA) is 59.0 Å². The van der Waals surface area contributed by atoms with Crippen LogP contribution in [0.15, 0.2) is 12.4 Å². The Morgan fingerprint density at radius 3 is 2.17 bits per heavy atom. The van der Waals surface area contributed by atoms with Crippen molar-refractivity contribution in [3.8, 4) is 5.75 Å². The first-order valence-corrected chi connectivity index (χ1v) is 11.3. The molecule has 2 atom stereocenters. The van der Waals surface area contributed by atoms with E-state index in [1.165, 1.54) is 24.0 Å². The smallest absolute Gasteiger partial charge is 0.157 e. The molecule has 6 nitrogen and oxygen atoms in total. The largest absolute Gasteiger partial charge is 0.495 e. The molecule has 2 aliphatic rings. The van der Waals surface area contributed by atoms with Crippen molar-refractivity contribution in [2.45, 2.75) is 83.2 Å². The van der Waals surface area contributed by atoms with Gasteiger partial charge in [0.05, 0.1) is 19.9 Å². The van der Waals surface area contributed by atoms with E-state index >= 15 is 0 Å². The SMILES string of the molecule is COc1cncc(CCCCOC2CCCCO2)c1CCCOC1CCCCO1. The molecule has 0 saturated carbocycles. The van der Waals surface area contributed by atoms with Crippen LogP contribution in [0, 0.1) is 0 Å². The summed E-state index contributed by atoms with van der Waals surface area (Å²) in [5.74, 6) is 0.878. The van der Waals surface area contributed by atoms with Gasteiger partial charge in [-0.15, -0.1) is 0 Å². The zero-order valence-corrected chi connectivity index (χ0v) is 17.9. The molecule has 29 heavy (non-hydrogen) atoms. The molecule has 1 aromatic rings. The Morgan fingerprint density at radius 2 is 1.55 bits per heavy atom. The summed E-state index contributed by atoms with van der Waals surface area (Å²) in [7, 11) is 1.72. The van der Waals surface area contributed by atoms with Crippen molar-refractivity contribution < 1.29 is 23.7 Å². The minimum absolute atomic E-state index is 0.00550. The summed E-state index contributed by atoms with van der Waals surface area (Å²) in [6, 6.07) is 0. The Kier molecular flexibility index (Phi) is 10.2. The zero-order chi connectivity index (χ0) is 20.2. The molecule has 0 aromatic carbocycles. The van der Waals surface area contributed by atoms with Crippen molar-refractivity contribution in [3.63, 3.8) is 0 Å². The predicted molar refractivity (Wildman–Crippen MR) is 111 cm³/mol. The highest BCUT2D eigenvalue weighted by atomic mass is 16.7. The minimum atomic E-state index is -0.0179. The molecular formula is C23H37NO5. The van der Waals surface area contributed by atoms with Crippen LogP contribution in [0.4, 0.5) is 0 Å². The van der Waals surface area contributed by atoms with Crippen molar-refractivity contribution in [2.24, 2.45) is 0 Å². The lowest BCUT2D eigenvalue weighted by atomic mass is 10.00. The lowest BCUT2D eigenvalue weighted by Gasteiger charge is -2.23. The van der Waals surface area contributed by atoms with Gasteiger partial charge in [0.25, 0.3) is 0 Å². The molecule has 3 rings (SSSR count). The van der Waals surface area contributed by atoms with Crippen molar-refractivity contribution in [3.05, 3.63) is 23.5 Å². The Labute approximate surface area is 175 Å². The number of unbranched alkanes of at least 4 members (excludes halogenated alkanes) is 1. The fourth-order valence-corrected chi connectivity index (χ4v) is 3.97. The maximum absolute atomic E-state index is 5.88. The number of hydrogen-bond donors (Lipinski definition) is 0. The average molecular weight is 408 g/mol. The molecule has 0 aliphatic carbocycles. The first kappa shape index (κ1) is 22.5. The molecule has 1 aromatic heterocycles. The van der Waals surface area contributed by atoms with E-state index in [1.54, 1.807) is 7.11 Å². The van der Waals surface area contributed by atoms with Crippen LogP contribution in [0.2, 0.25) is 0 Å². The summed E-state index contributed by atoms with van der Waals surface area (Å²) in [5, 5.41) is 0. The molecule has 164 valence electrons. The number of aryl methyl sites for hydroxylation is 1. The van der Waals surface area contributed by atoms with Gasteiger partial charge in [0, 0.05) is 31.6 Å². The lowest BCUT2D eigenvalue weighted by Crippen LogP contribution is -2.22. The standard InChI is InChI=1S/C23H37NO5/c1-25-21-18-24-17-19(9-2-5-13-26-22-11-3-6-14-27-22)20(21)10-8-16-29-23-12-4-7-15-28-23/h17-18,22-23H,2-16H2,1H3. The van der Waals surface area contributed by atoms with E-state index in [-0.39, 0.29) is 12.6 Å². The van der Waals surface area contributed by atoms with E-state index in [9.17, 15) is 0 Å². The number of ether oxygens (including phenoxy) is 5. The zero-order valence-electron chi connectivity index (χ0n) is 17.9. The molecule has 0 N–H and O–H groups in total. The van der Waals surface area contributed by atoms with E-state index in [0.29, 0.717) is 6.61 Å². The first-order chi connectivity index (χ1) is 14.4. The summed E-state index contributed by atoms with van der Waals surface area (Å²) in [6.45, 7) is 3.13. The Bertz CT molecular complexity index is 570. The maximum atomic E-state index is 5.88. The van der Waals surface area contributed by atoms with Gasteiger partial charge >= 0.3 is 0 Å². The van der Waals surface area contributed by atoms with Crippen molar-refractivity contribution in [1.82, 2.24) is 4.98 Å². The second-order valence-corrected chi connectivity index (χ2v) is 7.87. The van der Waals surface area contributed by atoms with Crippen molar-refractivity contribution in [2.75, 3.05) is 33.5 Å². The van der Waals surface area contributed by atoms with Crippen LogP contribution in [-0.2, 0) is 31.8 Å². The summed E-state index contributed by atoms with van der Waals surface area (Å²) < 4.78 is 28.6. The third-order valence-electron chi connectivity index (χ3n) is 5.62. The average Bonchev–Trinajstić information content (AvgIpc) is 2.78. The van der Waals surface area contributed by atoms with Crippen LogP contribution in [0.3, 0.4) is 0 Å². The van der Waals surface area contributed by atoms with Gasteiger partial charge in [0.1, 0.15) is 5.75 Å². The molecule has 0 bridgehead atoms. The summed E-state index contributed by atoms with van der Waals surface area (Å²) in [5.41, 5.74) is 2.53. The van der Waals surface area contributed by atoms with Crippen LogP contribution in [0.1, 0.15) is 68.9 Å². The third kappa shape index (κ3) is 7.85. The van der Waals surface area contributed by atoms with Gasteiger partial charge < -0.3 is 23.7 Å². The van der Waals surface area contributed by atoms with Crippen LogP contribution in [0.25, 0.3) is 0 Å². The van der Waals surface area contributed by atoms with Gasteiger partial charge in [0.2, 0.25) is 0 Å². The molecular weight excluding hydrogens is 370 g/mol.